The van der Waals surface area contributed by atoms with E-state index in [1.807, 2.05) is 66.1 Å². The fraction of sp³-hybridized carbons (Fsp3) is 0.269. The van der Waals surface area contributed by atoms with Crippen molar-refractivity contribution in [2.24, 2.45) is 0 Å². The molecule has 0 atom stereocenters. The maximum absolute atomic E-state index is 12.6. The van der Waals surface area contributed by atoms with Crippen LogP contribution in [0.3, 0.4) is 0 Å². The predicted molar refractivity (Wildman–Crippen MR) is 137 cm³/mol. The number of carbonyl (C=O) groups is 1. The molecule has 0 spiro atoms. The first-order valence-corrected chi connectivity index (χ1v) is 12.4. The first-order chi connectivity index (χ1) is 16.6. The van der Waals surface area contributed by atoms with Crippen molar-refractivity contribution in [1.82, 2.24) is 14.8 Å². The Morgan fingerprint density at radius 2 is 1.85 bits per heavy atom. The molecule has 0 aliphatic rings. The average molecular weight is 476 g/mol. The molecule has 8 heteroatoms. The first kappa shape index (κ1) is 23.6. The monoisotopic (exact) mass is 475 g/mol. The van der Waals surface area contributed by atoms with E-state index >= 15 is 0 Å². The molecule has 4 aromatic rings. The normalized spacial score (nSPS) is 10.9. The fourth-order valence-electron chi connectivity index (χ4n) is 3.77. The zero-order chi connectivity index (χ0) is 23.9. The van der Waals surface area contributed by atoms with Gasteiger partial charge >= 0.3 is 0 Å². The number of hydrogen-bond donors (Lipinski definition) is 1. The van der Waals surface area contributed by atoms with Gasteiger partial charge in [0.1, 0.15) is 5.76 Å². The Morgan fingerprint density at radius 1 is 1.06 bits per heavy atom. The van der Waals surface area contributed by atoms with Crippen molar-refractivity contribution >= 4 is 29.0 Å². The summed E-state index contributed by atoms with van der Waals surface area (Å²) in [6.45, 7) is 8.69. The number of aromatic nitrogens is 3. The number of aryl methyl sites for hydroxylation is 1. The van der Waals surface area contributed by atoms with Gasteiger partial charge in [0.2, 0.25) is 5.91 Å². The van der Waals surface area contributed by atoms with Gasteiger partial charge in [-0.15, -0.1) is 10.2 Å². The third-order valence-electron chi connectivity index (χ3n) is 5.50. The number of rotatable bonds is 10. The molecule has 2 aromatic heterocycles. The molecule has 0 saturated carbocycles. The maximum Gasteiger partial charge on any atom is 0.234 e. The van der Waals surface area contributed by atoms with Crippen LogP contribution in [0.25, 0.3) is 11.4 Å². The quantitative estimate of drug-likeness (QED) is 0.307. The number of carbonyl (C=O) groups excluding carboxylic acids is 1. The minimum Gasteiger partial charge on any atom is -0.467 e. The molecule has 2 aromatic carbocycles. The van der Waals surface area contributed by atoms with Crippen molar-refractivity contribution in [2.45, 2.75) is 32.5 Å². The van der Waals surface area contributed by atoms with E-state index < -0.39 is 0 Å². The zero-order valence-electron chi connectivity index (χ0n) is 19.7. The second kappa shape index (κ2) is 11.1. The second-order valence-corrected chi connectivity index (χ2v) is 8.84. The number of nitrogens with zero attached hydrogens (tertiary/aromatic N) is 4. The molecule has 0 aliphatic carbocycles. The molecule has 4 rings (SSSR count). The predicted octanol–water partition coefficient (Wildman–Crippen LogP) is 5.47. The third-order valence-corrected chi connectivity index (χ3v) is 6.47. The third kappa shape index (κ3) is 5.69. The van der Waals surface area contributed by atoms with Crippen LogP contribution in [0.4, 0.5) is 11.4 Å². The Labute approximate surface area is 204 Å². The number of amides is 1. The summed E-state index contributed by atoms with van der Waals surface area (Å²) in [7, 11) is 0. The summed E-state index contributed by atoms with van der Waals surface area (Å²) in [4.78, 5) is 14.9. The molecule has 0 unspecified atom stereocenters. The molecule has 0 aliphatic heterocycles. The Kier molecular flexibility index (Phi) is 7.69. The number of nitrogens with one attached hydrogen (secondary N) is 1. The molecule has 0 radical (unpaired) electrons. The van der Waals surface area contributed by atoms with Crippen molar-refractivity contribution in [1.29, 1.82) is 0 Å². The van der Waals surface area contributed by atoms with Crippen LogP contribution >= 0.6 is 11.8 Å². The summed E-state index contributed by atoms with van der Waals surface area (Å²) in [6.07, 6.45) is 1.65. The smallest absolute Gasteiger partial charge is 0.234 e. The standard InChI is InChI=1S/C26H29N5O2S/c1-4-30(5-2)22-13-11-21(12-14-22)27-24(32)18-34-26-29-28-25(20-9-6-8-19(3)16-20)31(26)17-23-10-7-15-33-23/h6-16H,4-5,17-18H2,1-3H3,(H,27,32). The largest absolute Gasteiger partial charge is 0.467 e. The number of hydrogen-bond acceptors (Lipinski definition) is 6. The van der Waals surface area contributed by atoms with Crippen LogP contribution in [-0.2, 0) is 11.3 Å². The summed E-state index contributed by atoms with van der Waals surface area (Å²) >= 11 is 1.36. The lowest BCUT2D eigenvalue weighted by molar-refractivity contribution is -0.113. The highest BCUT2D eigenvalue weighted by Gasteiger charge is 2.17. The molecule has 0 saturated heterocycles. The van der Waals surface area contributed by atoms with Crippen LogP contribution in [0.15, 0.2) is 76.5 Å². The number of thioether (sulfide) groups is 1. The van der Waals surface area contributed by atoms with Crippen LogP contribution in [0, 0.1) is 6.92 Å². The van der Waals surface area contributed by atoms with E-state index in [2.05, 4.69) is 40.3 Å². The molecule has 2 heterocycles. The van der Waals surface area contributed by atoms with Gasteiger partial charge in [-0.05, 0) is 63.2 Å². The lowest BCUT2D eigenvalue weighted by Gasteiger charge is -2.21. The minimum atomic E-state index is -0.0924. The molecule has 1 N–H and O–H groups in total. The Bertz CT molecular complexity index is 1210. The van der Waals surface area contributed by atoms with E-state index in [0.29, 0.717) is 11.7 Å². The highest BCUT2D eigenvalue weighted by Crippen LogP contribution is 2.26. The van der Waals surface area contributed by atoms with Gasteiger partial charge in [0.15, 0.2) is 11.0 Å². The minimum absolute atomic E-state index is 0.0924. The van der Waals surface area contributed by atoms with E-state index in [9.17, 15) is 4.79 Å². The molecular weight excluding hydrogens is 446 g/mol. The highest BCUT2D eigenvalue weighted by atomic mass is 32.2. The van der Waals surface area contributed by atoms with Gasteiger partial charge in [-0.1, -0.05) is 35.5 Å². The molecule has 7 nitrogen and oxygen atoms in total. The lowest BCUT2D eigenvalue weighted by Crippen LogP contribution is -2.21. The fourth-order valence-corrected chi connectivity index (χ4v) is 4.50. The van der Waals surface area contributed by atoms with Crippen molar-refractivity contribution < 1.29 is 9.21 Å². The van der Waals surface area contributed by atoms with E-state index in [-0.39, 0.29) is 11.7 Å². The van der Waals surface area contributed by atoms with E-state index in [4.69, 9.17) is 4.42 Å². The Hall–Kier alpha value is -3.52. The van der Waals surface area contributed by atoms with Crippen LogP contribution in [-0.4, -0.2) is 39.5 Å². The highest BCUT2D eigenvalue weighted by molar-refractivity contribution is 7.99. The van der Waals surface area contributed by atoms with Crippen LogP contribution in [0.5, 0.6) is 0 Å². The van der Waals surface area contributed by atoms with Crippen molar-refractivity contribution in [2.75, 3.05) is 29.1 Å². The number of anilines is 2. The Morgan fingerprint density at radius 3 is 2.53 bits per heavy atom. The van der Waals surface area contributed by atoms with Crippen LogP contribution in [0.2, 0.25) is 0 Å². The van der Waals surface area contributed by atoms with Gasteiger partial charge in [-0.2, -0.15) is 0 Å². The molecule has 34 heavy (non-hydrogen) atoms. The topological polar surface area (TPSA) is 76.2 Å². The van der Waals surface area contributed by atoms with Crippen LogP contribution < -0.4 is 10.2 Å². The summed E-state index contributed by atoms with van der Waals surface area (Å²) in [5.74, 6) is 1.68. The summed E-state index contributed by atoms with van der Waals surface area (Å²) in [5, 5.41) is 12.4. The summed E-state index contributed by atoms with van der Waals surface area (Å²) < 4.78 is 7.55. The Balaban J connectivity index is 1.46. The summed E-state index contributed by atoms with van der Waals surface area (Å²) in [5.41, 5.74) is 4.04. The van der Waals surface area contributed by atoms with Gasteiger partial charge in [-0.25, -0.2) is 0 Å². The first-order valence-electron chi connectivity index (χ1n) is 11.4. The summed E-state index contributed by atoms with van der Waals surface area (Å²) in [6, 6.07) is 19.9. The average Bonchev–Trinajstić information content (AvgIpc) is 3.50. The van der Waals surface area contributed by atoms with Crippen molar-refractivity contribution in [3.8, 4) is 11.4 Å². The van der Waals surface area contributed by atoms with Gasteiger partial charge in [-0.3, -0.25) is 9.36 Å². The molecule has 176 valence electrons. The van der Waals surface area contributed by atoms with E-state index in [0.717, 1.165) is 47.2 Å². The molecular formula is C26H29N5O2S. The van der Waals surface area contributed by atoms with Gasteiger partial charge in [0, 0.05) is 30.0 Å². The van der Waals surface area contributed by atoms with Gasteiger partial charge in [0.25, 0.3) is 0 Å². The zero-order valence-corrected chi connectivity index (χ0v) is 20.5. The van der Waals surface area contributed by atoms with Gasteiger partial charge < -0.3 is 14.6 Å². The van der Waals surface area contributed by atoms with Crippen LogP contribution in [0.1, 0.15) is 25.2 Å². The second-order valence-electron chi connectivity index (χ2n) is 7.90. The van der Waals surface area contributed by atoms with Gasteiger partial charge in [0.05, 0.1) is 18.6 Å². The SMILES string of the molecule is CCN(CC)c1ccc(NC(=O)CSc2nnc(-c3cccc(C)c3)n2Cc2ccco2)cc1. The maximum atomic E-state index is 12.6. The molecule has 0 fully saturated rings. The van der Waals surface area contributed by atoms with E-state index in [1.165, 1.54) is 11.8 Å². The number of furan rings is 1. The molecule has 1 amide bonds. The van der Waals surface area contributed by atoms with Crippen molar-refractivity contribution in [3.63, 3.8) is 0 Å². The van der Waals surface area contributed by atoms with Crippen molar-refractivity contribution in [3.05, 3.63) is 78.3 Å². The lowest BCUT2D eigenvalue weighted by atomic mass is 10.1. The molecule has 0 bridgehead atoms. The van der Waals surface area contributed by atoms with E-state index in [1.54, 1.807) is 6.26 Å². The number of benzene rings is 2.